The maximum absolute atomic E-state index is 11.7. The molecule has 0 bridgehead atoms. The number of rotatable bonds is 4. The minimum atomic E-state index is -0.00538. The van der Waals surface area contributed by atoms with Crippen molar-refractivity contribution < 1.29 is 14.3 Å². The molecule has 1 fully saturated rings. The van der Waals surface area contributed by atoms with Gasteiger partial charge in [0.2, 0.25) is 5.91 Å². The average molecular weight is 365 g/mol. The van der Waals surface area contributed by atoms with E-state index in [1.54, 1.807) is 14.2 Å². The second kappa shape index (κ2) is 8.45. The standard InChI is InChI=1S/C21H23N3O3/c1-4-21(25)23-10-8-18(9-11-23)24-12-7-17(22-24)6-5-16-13-19(26-2)15-20(14-16)27-3/h4,7,12-15,18H,1,8-11H2,2-3H3. The number of hydrogen-bond acceptors (Lipinski definition) is 4. The van der Waals surface area contributed by atoms with Gasteiger partial charge in [-0.1, -0.05) is 12.5 Å². The third-order valence-corrected chi connectivity index (χ3v) is 4.62. The van der Waals surface area contributed by atoms with Gasteiger partial charge in [-0.2, -0.15) is 5.10 Å². The molecule has 0 unspecified atom stereocenters. The van der Waals surface area contributed by atoms with Crippen LogP contribution in [0.2, 0.25) is 0 Å². The van der Waals surface area contributed by atoms with Crippen LogP contribution in [0.25, 0.3) is 0 Å². The molecule has 0 N–H and O–H groups in total. The normalized spacial score (nSPS) is 14.2. The second-order valence-corrected chi connectivity index (χ2v) is 6.29. The Labute approximate surface area is 159 Å². The molecule has 3 rings (SSSR count). The average Bonchev–Trinajstić information content (AvgIpc) is 3.20. The molecule has 6 nitrogen and oxygen atoms in total. The highest BCUT2D eigenvalue weighted by Gasteiger charge is 2.22. The number of amides is 1. The van der Waals surface area contributed by atoms with Crippen LogP contribution in [0.15, 0.2) is 43.1 Å². The molecule has 6 heteroatoms. The first kappa shape index (κ1) is 18.6. The van der Waals surface area contributed by atoms with Gasteiger partial charge in [-0.15, -0.1) is 0 Å². The first-order chi connectivity index (χ1) is 13.1. The number of methoxy groups -OCH3 is 2. The molecule has 27 heavy (non-hydrogen) atoms. The van der Waals surface area contributed by atoms with E-state index in [1.807, 2.05) is 40.0 Å². The fourth-order valence-electron chi connectivity index (χ4n) is 3.10. The van der Waals surface area contributed by atoms with E-state index in [0.29, 0.717) is 17.2 Å². The van der Waals surface area contributed by atoms with E-state index < -0.39 is 0 Å². The predicted molar refractivity (Wildman–Crippen MR) is 103 cm³/mol. The van der Waals surface area contributed by atoms with Gasteiger partial charge >= 0.3 is 0 Å². The highest BCUT2D eigenvalue weighted by atomic mass is 16.5. The quantitative estimate of drug-likeness (QED) is 0.617. The molecule has 1 aliphatic rings. The molecule has 0 aliphatic carbocycles. The molecular weight excluding hydrogens is 342 g/mol. The molecule has 1 aliphatic heterocycles. The van der Waals surface area contributed by atoms with E-state index >= 15 is 0 Å². The zero-order valence-corrected chi connectivity index (χ0v) is 15.6. The molecular formula is C21H23N3O3. The lowest BCUT2D eigenvalue weighted by Gasteiger charge is -2.31. The fourth-order valence-corrected chi connectivity index (χ4v) is 3.10. The monoisotopic (exact) mass is 365 g/mol. The molecule has 1 amide bonds. The Morgan fingerprint density at radius 3 is 2.44 bits per heavy atom. The predicted octanol–water partition coefficient (Wildman–Crippen LogP) is 2.65. The van der Waals surface area contributed by atoms with Crippen molar-refractivity contribution >= 4 is 5.91 Å². The lowest BCUT2D eigenvalue weighted by Crippen LogP contribution is -2.38. The van der Waals surface area contributed by atoms with Crippen molar-refractivity contribution in [2.45, 2.75) is 18.9 Å². The highest BCUT2D eigenvalue weighted by molar-refractivity contribution is 5.87. The fraction of sp³-hybridized carbons (Fsp3) is 0.333. The minimum Gasteiger partial charge on any atom is -0.497 e. The van der Waals surface area contributed by atoms with Crippen LogP contribution >= 0.6 is 0 Å². The Hall–Kier alpha value is -3.20. The Morgan fingerprint density at radius 2 is 1.85 bits per heavy atom. The summed E-state index contributed by atoms with van der Waals surface area (Å²) in [6.45, 7) is 4.99. The van der Waals surface area contributed by atoms with Gasteiger partial charge < -0.3 is 14.4 Å². The van der Waals surface area contributed by atoms with Gasteiger partial charge in [-0.25, -0.2) is 0 Å². The van der Waals surface area contributed by atoms with Crippen LogP contribution in [-0.2, 0) is 4.79 Å². The summed E-state index contributed by atoms with van der Waals surface area (Å²) in [7, 11) is 3.23. The van der Waals surface area contributed by atoms with E-state index in [2.05, 4.69) is 23.5 Å². The molecule has 0 saturated carbocycles. The van der Waals surface area contributed by atoms with Gasteiger partial charge in [-0.05, 0) is 43.0 Å². The Balaban J connectivity index is 1.68. The van der Waals surface area contributed by atoms with Gasteiger partial charge in [0.15, 0.2) is 0 Å². The van der Waals surface area contributed by atoms with Crippen molar-refractivity contribution in [3.63, 3.8) is 0 Å². The summed E-state index contributed by atoms with van der Waals surface area (Å²) in [5, 5.41) is 4.58. The van der Waals surface area contributed by atoms with Crippen molar-refractivity contribution in [3.8, 4) is 23.3 Å². The number of piperidine rings is 1. The van der Waals surface area contributed by atoms with Crippen LogP contribution in [0.4, 0.5) is 0 Å². The van der Waals surface area contributed by atoms with Crippen LogP contribution in [0.3, 0.4) is 0 Å². The van der Waals surface area contributed by atoms with E-state index in [0.717, 1.165) is 31.5 Å². The highest BCUT2D eigenvalue weighted by Crippen LogP contribution is 2.23. The lowest BCUT2D eigenvalue weighted by molar-refractivity contribution is -0.127. The summed E-state index contributed by atoms with van der Waals surface area (Å²) in [5.74, 6) is 7.59. The summed E-state index contributed by atoms with van der Waals surface area (Å²) in [6.07, 6.45) is 5.07. The number of hydrogen-bond donors (Lipinski definition) is 0. The Morgan fingerprint density at radius 1 is 1.19 bits per heavy atom. The zero-order valence-electron chi connectivity index (χ0n) is 15.6. The minimum absolute atomic E-state index is 0.00538. The Kier molecular flexibility index (Phi) is 5.82. The third-order valence-electron chi connectivity index (χ3n) is 4.62. The first-order valence-electron chi connectivity index (χ1n) is 8.84. The summed E-state index contributed by atoms with van der Waals surface area (Å²) in [5.41, 5.74) is 1.51. The number of carbonyl (C=O) groups is 1. The van der Waals surface area contributed by atoms with Gasteiger partial charge in [0.25, 0.3) is 0 Å². The molecule has 0 radical (unpaired) electrons. The van der Waals surface area contributed by atoms with E-state index in [-0.39, 0.29) is 11.9 Å². The molecule has 1 saturated heterocycles. The van der Waals surface area contributed by atoms with Gasteiger partial charge in [0.05, 0.1) is 20.3 Å². The number of benzene rings is 1. The maximum atomic E-state index is 11.7. The zero-order chi connectivity index (χ0) is 19.2. The molecule has 0 spiro atoms. The topological polar surface area (TPSA) is 56.6 Å². The summed E-state index contributed by atoms with van der Waals surface area (Å²) >= 11 is 0. The van der Waals surface area contributed by atoms with Crippen molar-refractivity contribution in [1.82, 2.24) is 14.7 Å². The number of carbonyl (C=O) groups excluding carboxylic acids is 1. The van der Waals surface area contributed by atoms with E-state index in [9.17, 15) is 4.79 Å². The van der Waals surface area contributed by atoms with Crippen LogP contribution in [-0.4, -0.2) is 47.9 Å². The maximum Gasteiger partial charge on any atom is 0.245 e. The molecule has 2 heterocycles. The SMILES string of the molecule is C=CC(=O)N1CCC(n2ccc(C#Cc3cc(OC)cc(OC)c3)n2)CC1. The Bertz CT molecular complexity index is 861. The molecule has 1 aromatic heterocycles. The van der Waals surface area contributed by atoms with Crippen molar-refractivity contribution in [2.24, 2.45) is 0 Å². The summed E-state index contributed by atoms with van der Waals surface area (Å²) < 4.78 is 12.5. The number of likely N-dealkylation sites (tertiary alicyclic amines) is 1. The van der Waals surface area contributed by atoms with Crippen LogP contribution < -0.4 is 9.47 Å². The molecule has 1 aromatic carbocycles. The van der Waals surface area contributed by atoms with Crippen LogP contribution in [0, 0.1) is 11.8 Å². The van der Waals surface area contributed by atoms with Gasteiger partial charge in [-0.3, -0.25) is 9.48 Å². The number of aromatic nitrogens is 2. The largest absolute Gasteiger partial charge is 0.497 e. The molecule has 0 atom stereocenters. The van der Waals surface area contributed by atoms with Crippen molar-refractivity contribution in [1.29, 1.82) is 0 Å². The third kappa shape index (κ3) is 4.50. The summed E-state index contributed by atoms with van der Waals surface area (Å²) in [6, 6.07) is 7.72. The first-order valence-corrected chi connectivity index (χ1v) is 8.84. The van der Waals surface area contributed by atoms with E-state index in [4.69, 9.17) is 9.47 Å². The number of nitrogens with zero attached hydrogens (tertiary/aromatic N) is 3. The number of ether oxygens (including phenoxy) is 2. The smallest absolute Gasteiger partial charge is 0.245 e. The van der Waals surface area contributed by atoms with Crippen molar-refractivity contribution in [2.75, 3.05) is 27.3 Å². The van der Waals surface area contributed by atoms with Crippen molar-refractivity contribution in [3.05, 3.63) is 54.4 Å². The summed E-state index contributed by atoms with van der Waals surface area (Å²) in [4.78, 5) is 13.5. The van der Waals surface area contributed by atoms with Gasteiger partial charge in [0.1, 0.15) is 17.2 Å². The van der Waals surface area contributed by atoms with Gasteiger partial charge in [0, 0.05) is 30.9 Å². The lowest BCUT2D eigenvalue weighted by atomic mass is 10.1. The van der Waals surface area contributed by atoms with E-state index in [1.165, 1.54) is 6.08 Å². The van der Waals surface area contributed by atoms with Crippen LogP contribution in [0.5, 0.6) is 11.5 Å². The molecule has 2 aromatic rings. The van der Waals surface area contributed by atoms with Crippen LogP contribution in [0.1, 0.15) is 30.1 Å². The molecule has 140 valence electrons. The second-order valence-electron chi connectivity index (χ2n) is 6.29.